The Morgan fingerprint density at radius 1 is 1.22 bits per heavy atom. The third kappa shape index (κ3) is 3.82. The first-order valence-electron chi connectivity index (χ1n) is 7.02. The number of nitrogens with one attached hydrogen (secondary N) is 2. The molecule has 2 N–H and O–H groups in total. The van der Waals surface area contributed by atoms with Crippen LogP contribution in [0.15, 0.2) is 30.3 Å². The molecule has 100 valence electrons. The summed E-state index contributed by atoms with van der Waals surface area (Å²) in [5.41, 5.74) is 1.61. The second kappa shape index (κ2) is 5.41. The van der Waals surface area contributed by atoms with Gasteiger partial charge in [0.15, 0.2) is 0 Å². The average molecular weight is 246 g/mol. The summed E-state index contributed by atoms with van der Waals surface area (Å²) >= 11 is 0. The van der Waals surface area contributed by atoms with Gasteiger partial charge in [-0.25, -0.2) is 0 Å². The molecule has 1 aliphatic rings. The Hall–Kier alpha value is -0.860. The lowest BCUT2D eigenvalue weighted by atomic mass is 9.97. The molecule has 1 aromatic rings. The van der Waals surface area contributed by atoms with Gasteiger partial charge in [-0.1, -0.05) is 30.3 Å². The lowest BCUT2D eigenvalue weighted by Crippen LogP contribution is -2.50. The summed E-state index contributed by atoms with van der Waals surface area (Å²) in [5, 5.41) is 7.47. The number of rotatable bonds is 3. The zero-order chi connectivity index (χ0) is 13.2. The topological polar surface area (TPSA) is 24.1 Å². The van der Waals surface area contributed by atoms with Gasteiger partial charge in [-0.3, -0.25) is 0 Å². The van der Waals surface area contributed by atoms with Crippen molar-refractivity contribution in [1.82, 2.24) is 10.6 Å². The van der Waals surface area contributed by atoms with Gasteiger partial charge in [-0.2, -0.15) is 0 Å². The van der Waals surface area contributed by atoms with Crippen molar-refractivity contribution < 1.29 is 0 Å². The molecule has 1 fully saturated rings. The van der Waals surface area contributed by atoms with Gasteiger partial charge in [0.2, 0.25) is 0 Å². The van der Waals surface area contributed by atoms with Gasteiger partial charge in [-0.15, -0.1) is 0 Å². The molecule has 0 bridgehead atoms. The maximum absolute atomic E-state index is 3.76. The molecule has 0 saturated carbocycles. The summed E-state index contributed by atoms with van der Waals surface area (Å²) < 4.78 is 0. The van der Waals surface area contributed by atoms with Crippen molar-refractivity contribution in [2.45, 2.75) is 64.2 Å². The highest BCUT2D eigenvalue weighted by atomic mass is 15.1. The van der Waals surface area contributed by atoms with Crippen LogP contribution < -0.4 is 10.6 Å². The van der Waals surface area contributed by atoms with Crippen LogP contribution in [0.25, 0.3) is 0 Å². The van der Waals surface area contributed by atoms with E-state index in [4.69, 9.17) is 0 Å². The Morgan fingerprint density at radius 2 is 1.89 bits per heavy atom. The zero-order valence-corrected chi connectivity index (χ0v) is 12.0. The summed E-state index contributed by atoms with van der Waals surface area (Å²) in [6.07, 6.45) is 2.33. The van der Waals surface area contributed by atoms with E-state index in [9.17, 15) is 0 Å². The smallest absolute Gasteiger partial charge is 0.0264 e. The number of hydrogen-bond donors (Lipinski definition) is 2. The zero-order valence-electron chi connectivity index (χ0n) is 12.0. The molecule has 0 radical (unpaired) electrons. The van der Waals surface area contributed by atoms with Crippen LogP contribution in [0.4, 0.5) is 0 Å². The van der Waals surface area contributed by atoms with Gasteiger partial charge in [-0.05, 0) is 46.1 Å². The summed E-state index contributed by atoms with van der Waals surface area (Å²) in [6, 6.07) is 12.5. The molecule has 0 spiro atoms. The van der Waals surface area contributed by atoms with Crippen LogP contribution in [-0.2, 0) is 6.42 Å². The van der Waals surface area contributed by atoms with E-state index in [0.29, 0.717) is 18.1 Å². The molecular weight excluding hydrogens is 220 g/mol. The third-order valence-electron chi connectivity index (χ3n) is 3.51. The number of benzene rings is 1. The van der Waals surface area contributed by atoms with Crippen LogP contribution in [0, 0.1) is 0 Å². The summed E-state index contributed by atoms with van der Waals surface area (Å²) in [4.78, 5) is 0. The van der Waals surface area contributed by atoms with E-state index >= 15 is 0 Å². The molecule has 1 aromatic carbocycles. The Labute approximate surface area is 111 Å². The molecule has 1 unspecified atom stereocenters. The molecule has 1 saturated heterocycles. The summed E-state index contributed by atoms with van der Waals surface area (Å²) in [5.74, 6) is 0. The maximum Gasteiger partial charge on any atom is 0.0264 e. The molecule has 1 aliphatic heterocycles. The van der Waals surface area contributed by atoms with E-state index in [2.05, 4.69) is 68.7 Å². The minimum absolute atomic E-state index is 0.186. The van der Waals surface area contributed by atoms with Gasteiger partial charge in [0.05, 0.1) is 0 Å². The van der Waals surface area contributed by atoms with Crippen molar-refractivity contribution >= 4 is 0 Å². The predicted octanol–water partition coefficient (Wildman–Crippen LogP) is 2.74. The lowest BCUT2D eigenvalue weighted by molar-refractivity contribution is 0.333. The average Bonchev–Trinajstić information content (AvgIpc) is 2.57. The Bertz CT molecular complexity index is 366. The van der Waals surface area contributed by atoms with Crippen LogP contribution >= 0.6 is 0 Å². The number of hydrogen-bond acceptors (Lipinski definition) is 2. The SMILES string of the molecule is CC1C[C@@H](NC(C)(C)C)[C@H](Cc2ccccc2)N1. The van der Waals surface area contributed by atoms with Crippen molar-refractivity contribution in [3.8, 4) is 0 Å². The largest absolute Gasteiger partial charge is 0.310 e. The molecule has 2 rings (SSSR count). The monoisotopic (exact) mass is 246 g/mol. The predicted molar refractivity (Wildman–Crippen MR) is 77.8 cm³/mol. The first kappa shape index (κ1) is 13.6. The van der Waals surface area contributed by atoms with Crippen molar-refractivity contribution in [3.05, 3.63) is 35.9 Å². The third-order valence-corrected chi connectivity index (χ3v) is 3.51. The van der Waals surface area contributed by atoms with Crippen molar-refractivity contribution in [1.29, 1.82) is 0 Å². The second-order valence-electron chi connectivity index (χ2n) is 6.60. The maximum atomic E-state index is 3.76. The highest BCUT2D eigenvalue weighted by Gasteiger charge is 2.33. The minimum atomic E-state index is 0.186. The van der Waals surface area contributed by atoms with Crippen molar-refractivity contribution in [2.75, 3.05) is 0 Å². The highest BCUT2D eigenvalue weighted by molar-refractivity contribution is 5.17. The molecule has 3 atom stereocenters. The van der Waals surface area contributed by atoms with Crippen LogP contribution in [0.2, 0.25) is 0 Å². The van der Waals surface area contributed by atoms with Crippen LogP contribution in [0.5, 0.6) is 0 Å². The standard InChI is InChI=1S/C16H26N2/c1-12-10-15(18-16(2,3)4)14(17-12)11-13-8-6-5-7-9-13/h5-9,12,14-15,17-18H,10-11H2,1-4H3/t12?,14-,15+/m0/s1. The van der Waals surface area contributed by atoms with Gasteiger partial charge in [0.1, 0.15) is 0 Å². The first-order valence-corrected chi connectivity index (χ1v) is 7.02. The first-order chi connectivity index (χ1) is 8.44. The molecular formula is C16H26N2. The van der Waals surface area contributed by atoms with Gasteiger partial charge in [0, 0.05) is 23.7 Å². The normalized spacial score (nSPS) is 28.6. The molecule has 2 nitrogen and oxygen atoms in total. The van der Waals surface area contributed by atoms with E-state index in [1.54, 1.807) is 0 Å². The van der Waals surface area contributed by atoms with Gasteiger partial charge in [0.25, 0.3) is 0 Å². The fraction of sp³-hybridized carbons (Fsp3) is 0.625. The molecule has 2 heteroatoms. The van der Waals surface area contributed by atoms with Crippen LogP contribution in [0.1, 0.15) is 39.7 Å². The summed E-state index contributed by atoms with van der Waals surface area (Å²) in [6.45, 7) is 9.02. The lowest BCUT2D eigenvalue weighted by Gasteiger charge is -2.29. The van der Waals surface area contributed by atoms with Gasteiger partial charge < -0.3 is 10.6 Å². The van der Waals surface area contributed by atoms with Gasteiger partial charge >= 0.3 is 0 Å². The molecule has 0 aliphatic carbocycles. The Kier molecular flexibility index (Phi) is 4.08. The molecule has 0 aromatic heterocycles. The van der Waals surface area contributed by atoms with Crippen molar-refractivity contribution in [3.63, 3.8) is 0 Å². The highest BCUT2D eigenvalue weighted by Crippen LogP contribution is 2.19. The summed E-state index contributed by atoms with van der Waals surface area (Å²) in [7, 11) is 0. The quantitative estimate of drug-likeness (QED) is 0.857. The van der Waals surface area contributed by atoms with E-state index in [1.807, 2.05) is 0 Å². The Morgan fingerprint density at radius 3 is 2.50 bits per heavy atom. The molecule has 0 amide bonds. The minimum Gasteiger partial charge on any atom is -0.310 e. The molecule has 18 heavy (non-hydrogen) atoms. The van der Waals surface area contributed by atoms with E-state index < -0.39 is 0 Å². The van der Waals surface area contributed by atoms with Crippen LogP contribution in [0.3, 0.4) is 0 Å². The van der Waals surface area contributed by atoms with Crippen molar-refractivity contribution in [2.24, 2.45) is 0 Å². The molecule has 1 heterocycles. The fourth-order valence-corrected chi connectivity index (χ4v) is 2.88. The second-order valence-corrected chi connectivity index (χ2v) is 6.60. The van der Waals surface area contributed by atoms with Crippen LogP contribution in [-0.4, -0.2) is 23.7 Å². The fourth-order valence-electron chi connectivity index (χ4n) is 2.88. The van der Waals surface area contributed by atoms with E-state index in [1.165, 1.54) is 12.0 Å². The van der Waals surface area contributed by atoms with E-state index in [0.717, 1.165) is 6.42 Å². The Balaban J connectivity index is 2.01. The van der Waals surface area contributed by atoms with E-state index in [-0.39, 0.29) is 5.54 Å².